The maximum atomic E-state index is 12.7. The number of hydrogen-bond donors (Lipinski definition) is 2. The van der Waals surface area contributed by atoms with Crippen LogP contribution in [0, 0.1) is 13.8 Å². The van der Waals surface area contributed by atoms with Crippen LogP contribution in [0.15, 0.2) is 10.6 Å². The van der Waals surface area contributed by atoms with Crippen molar-refractivity contribution in [2.75, 3.05) is 33.0 Å². The fourth-order valence-corrected chi connectivity index (χ4v) is 2.89. The normalized spacial score (nSPS) is 20.6. The zero-order valence-corrected chi connectivity index (χ0v) is 13.8. The highest BCUT2D eigenvalue weighted by atomic mass is 16.6. The van der Waals surface area contributed by atoms with Gasteiger partial charge < -0.3 is 24.4 Å². The Morgan fingerprint density at radius 2 is 2.33 bits per heavy atom. The van der Waals surface area contributed by atoms with Crippen LogP contribution in [0.5, 0.6) is 0 Å². The first kappa shape index (κ1) is 16.8. The van der Waals surface area contributed by atoms with Gasteiger partial charge in [0.15, 0.2) is 0 Å². The summed E-state index contributed by atoms with van der Waals surface area (Å²) in [6, 6.07) is 1.72. The van der Waals surface area contributed by atoms with Gasteiger partial charge in [0.25, 0.3) is 11.6 Å². The highest BCUT2D eigenvalue weighted by Gasteiger charge is 2.36. The minimum atomic E-state index is -0.594. The third kappa shape index (κ3) is 3.26. The van der Waals surface area contributed by atoms with E-state index in [-0.39, 0.29) is 19.1 Å². The lowest BCUT2D eigenvalue weighted by atomic mass is 10.0. The highest BCUT2D eigenvalue weighted by Crippen LogP contribution is 2.24. The summed E-state index contributed by atoms with van der Waals surface area (Å²) in [6.45, 7) is 4.98. The number of hydrogen-bond acceptors (Lipinski definition) is 7. The number of aryl methyl sites for hydroxylation is 2. The molecule has 0 spiro atoms. The Balaban J connectivity index is 1.79. The van der Waals surface area contributed by atoms with E-state index < -0.39 is 5.60 Å². The molecule has 0 aliphatic carbocycles. The van der Waals surface area contributed by atoms with E-state index in [1.54, 1.807) is 19.9 Å². The standard InChI is InChI=1S/C16H21N3O5/c1-10-7-12(13-11(2)19-24-15(13)18-10)14(21)17-8-16(23-6-4-20)3-5-22-9-16/h7,20H,3-6,8-9H2,1-2H3,(H,17,21). The zero-order chi connectivity index (χ0) is 17.2. The van der Waals surface area contributed by atoms with Gasteiger partial charge in [-0.1, -0.05) is 5.16 Å². The zero-order valence-electron chi connectivity index (χ0n) is 13.8. The van der Waals surface area contributed by atoms with Crippen LogP contribution in [0.4, 0.5) is 0 Å². The molecule has 1 fully saturated rings. The van der Waals surface area contributed by atoms with Gasteiger partial charge in [0.05, 0.1) is 36.5 Å². The van der Waals surface area contributed by atoms with Crippen LogP contribution in [0.1, 0.15) is 28.2 Å². The van der Waals surface area contributed by atoms with Crippen LogP contribution >= 0.6 is 0 Å². The topological polar surface area (TPSA) is 107 Å². The molecule has 8 heteroatoms. The maximum Gasteiger partial charge on any atom is 0.258 e. The molecule has 1 amide bonds. The van der Waals surface area contributed by atoms with Crippen molar-refractivity contribution in [3.63, 3.8) is 0 Å². The van der Waals surface area contributed by atoms with Crippen LogP contribution in [-0.4, -0.2) is 59.7 Å². The molecule has 1 saturated heterocycles. The third-order valence-electron chi connectivity index (χ3n) is 4.13. The van der Waals surface area contributed by atoms with E-state index in [9.17, 15) is 4.79 Å². The summed E-state index contributed by atoms with van der Waals surface area (Å²) >= 11 is 0. The van der Waals surface area contributed by atoms with Crippen molar-refractivity contribution in [2.24, 2.45) is 0 Å². The number of aliphatic hydroxyl groups excluding tert-OH is 1. The molecule has 2 aromatic heterocycles. The molecule has 3 rings (SSSR count). The SMILES string of the molecule is Cc1cc(C(=O)NCC2(OCCO)CCOC2)c2c(C)noc2n1. The molecule has 3 heterocycles. The molecule has 8 nitrogen and oxygen atoms in total. The fourth-order valence-electron chi connectivity index (χ4n) is 2.89. The summed E-state index contributed by atoms with van der Waals surface area (Å²) < 4.78 is 16.3. The van der Waals surface area contributed by atoms with Crippen LogP contribution in [-0.2, 0) is 9.47 Å². The van der Waals surface area contributed by atoms with Gasteiger partial charge in [-0.15, -0.1) is 0 Å². The molecule has 1 unspecified atom stereocenters. The highest BCUT2D eigenvalue weighted by molar-refractivity contribution is 6.06. The monoisotopic (exact) mass is 335 g/mol. The number of aromatic nitrogens is 2. The summed E-state index contributed by atoms with van der Waals surface area (Å²) in [7, 11) is 0. The minimum absolute atomic E-state index is 0.0697. The second kappa shape index (κ2) is 6.84. The van der Waals surface area contributed by atoms with Gasteiger partial charge in [0, 0.05) is 25.3 Å². The lowest BCUT2D eigenvalue weighted by Crippen LogP contribution is -2.46. The fraction of sp³-hybridized carbons (Fsp3) is 0.562. The second-order valence-corrected chi connectivity index (χ2v) is 6.00. The summed E-state index contributed by atoms with van der Waals surface area (Å²) in [6.07, 6.45) is 0.671. The molecule has 0 radical (unpaired) electrons. The van der Waals surface area contributed by atoms with Crippen molar-refractivity contribution in [3.05, 3.63) is 23.0 Å². The van der Waals surface area contributed by atoms with Crippen LogP contribution in [0.2, 0.25) is 0 Å². The van der Waals surface area contributed by atoms with E-state index >= 15 is 0 Å². The van der Waals surface area contributed by atoms with Crippen molar-refractivity contribution in [1.29, 1.82) is 0 Å². The van der Waals surface area contributed by atoms with Gasteiger partial charge in [-0.25, -0.2) is 4.98 Å². The molecule has 1 atom stereocenters. The summed E-state index contributed by atoms with van der Waals surface area (Å²) in [5.41, 5.74) is 1.54. The first-order valence-electron chi connectivity index (χ1n) is 7.89. The molecule has 2 aromatic rings. The third-order valence-corrected chi connectivity index (χ3v) is 4.13. The van der Waals surface area contributed by atoms with E-state index in [1.165, 1.54) is 0 Å². The van der Waals surface area contributed by atoms with Gasteiger partial charge in [0.2, 0.25) is 0 Å². The summed E-state index contributed by atoms with van der Waals surface area (Å²) in [5, 5.41) is 16.4. The predicted molar refractivity (Wildman–Crippen MR) is 84.8 cm³/mol. The van der Waals surface area contributed by atoms with Gasteiger partial charge in [-0.3, -0.25) is 4.79 Å². The number of amides is 1. The lowest BCUT2D eigenvalue weighted by Gasteiger charge is -2.27. The molecule has 2 N–H and O–H groups in total. The van der Waals surface area contributed by atoms with Crippen molar-refractivity contribution < 1.29 is 23.9 Å². The Hall–Kier alpha value is -2.03. The number of ether oxygens (including phenoxy) is 2. The number of aliphatic hydroxyl groups is 1. The number of carbonyl (C=O) groups excluding carboxylic acids is 1. The number of rotatable bonds is 6. The molecule has 0 saturated carbocycles. The largest absolute Gasteiger partial charge is 0.394 e. The van der Waals surface area contributed by atoms with E-state index in [1.807, 2.05) is 0 Å². The molecule has 1 aliphatic heterocycles. The number of nitrogens with zero attached hydrogens (tertiary/aromatic N) is 2. The Labute approximate surface area is 139 Å². The molecule has 24 heavy (non-hydrogen) atoms. The number of fused-ring (bicyclic) bond motifs is 1. The van der Waals surface area contributed by atoms with Gasteiger partial charge in [0.1, 0.15) is 5.60 Å². The first-order valence-corrected chi connectivity index (χ1v) is 7.89. The van der Waals surface area contributed by atoms with Crippen molar-refractivity contribution >= 4 is 17.0 Å². The van der Waals surface area contributed by atoms with Gasteiger partial charge in [-0.2, -0.15) is 0 Å². The number of carbonyl (C=O) groups is 1. The van der Waals surface area contributed by atoms with Crippen molar-refractivity contribution in [3.8, 4) is 0 Å². The van der Waals surface area contributed by atoms with Crippen molar-refractivity contribution in [1.82, 2.24) is 15.5 Å². The lowest BCUT2D eigenvalue weighted by molar-refractivity contribution is -0.0582. The van der Waals surface area contributed by atoms with E-state index in [2.05, 4.69) is 15.5 Å². The van der Waals surface area contributed by atoms with Gasteiger partial charge >= 0.3 is 0 Å². The van der Waals surface area contributed by atoms with Gasteiger partial charge in [-0.05, 0) is 19.9 Å². The Morgan fingerprint density at radius 3 is 3.04 bits per heavy atom. The molecule has 0 bridgehead atoms. The molecule has 1 aliphatic rings. The summed E-state index contributed by atoms with van der Waals surface area (Å²) in [5.74, 6) is -0.240. The quantitative estimate of drug-likeness (QED) is 0.801. The minimum Gasteiger partial charge on any atom is -0.394 e. The number of pyridine rings is 1. The maximum absolute atomic E-state index is 12.7. The van der Waals surface area contributed by atoms with E-state index in [0.29, 0.717) is 54.2 Å². The molecule has 130 valence electrons. The smallest absolute Gasteiger partial charge is 0.258 e. The Bertz CT molecular complexity index is 737. The summed E-state index contributed by atoms with van der Waals surface area (Å²) in [4.78, 5) is 16.9. The van der Waals surface area contributed by atoms with Crippen LogP contribution in [0.25, 0.3) is 11.1 Å². The average molecular weight is 335 g/mol. The van der Waals surface area contributed by atoms with E-state index in [4.69, 9.17) is 19.1 Å². The Morgan fingerprint density at radius 1 is 1.50 bits per heavy atom. The van der Waals surface area contributed by atoms with Crippen molar-refractivity contribution in [2.45, 2.75) is 25.9 Å². The van der Waals surface area contributed by atoms with Crippen LogP contribution < -0.4 is 5.32 Å². The molecular weight excluding hydrogens is 314 g/mol. The van der Waals surface area contributed by atoms with Crippen LogP contribution in [0.3, 0.4) is 0 Å². The second-order valence-electron chi connectivity index (χ2n) is 6.00. The van der Waals surface area contributed by atoms with E-state index in [0.717, 1.165) is 0 Å². The number of nitrogens with one attached hydrogen (secondary N) is 1. The first-order chi connectivity index (χ1) is 11.5. The predicted octanol–water partition coefficient (Wildman–Crippen LogP) is 0.737. The Kier molecular flexibility index (Phi) is 4.79. The molecule has 0 aromatic carbocycles. The average Bonchev–Trinajstić information content (AvgIpc) is 3.18. The molecular formula is C16H21N3O5.